The van der Waals surface area contributed by atoms with Crippen LogP contribution in [-0.4, -0.2) is 27.2 Å². The average molecular weight is 333 g/mol. The molecule has 3 N–H and O–H groups in total. The van der Waals surface area contributed by atoms with Crippen LogP contribution in [0.25, 0.3) is 11.0 Å². The van der Waals surface area contributed by atoms with Crippen LogP contribution in [-0.2, 0) is 0 Å². The number of halogens is 1. The number of anilines is 3. The Hall–Kier alpha value is -2.15. The lowest BCUT2D eigenvalue weighted by Crippen LogP contribution is -2.01. The second kappa shape index (κ2) is 5.09. The Morgan fingerprint density at radius 1 is 1.25 bits per heavy atom. The van der Waals surface area contributed by atoms with Crippen LogP contribution in [0.15, 0.2) is 28.9 Å². The molecule has 6 nitrogen and oxygen atoms in total. The quantitative estimate of drug-likeness (QED) is 0.686. The molecule has 1 aromatic carbocycles. The van der Waals surface area contributed by atoms with Gasteiger partial charge in [0.2, 0.25) is 5.95 Å². The summed E-state index contributed by atoms with van der Waals surface area (Å²) in [6.45, 7) is 2.05. The third kappa shape index (κ3) is 2.32. The van der Waals surface area contributed by atoms with Crippen LogP contribution in [0.5, 0.6) is 0 Å². The lowest BCUT2D eigenvalue weighted by molar-refractivity contribution is 1.09. The van der Waals surface area contributed by atoms with Crippen molar-refractivity contribution in [2.75, 3.05) is 17.7 Å². The van der Waals surface area contributed by atoms with E-state index in [0.717, 1.165) is 15.5 Å². The lowest BCUT2D eigenvalue weighted by Gasteiger charge is -2.10. The second-order valence-electron chi connectivity index (χ2n) is 4.39. The Morgan fingerprint density at radius 2 is 2.10 bits per heavy atom. The van der Waals surface area contributed by atoms with Crippen molar-refractivity contribution in [3.63, 3.8) is 0 Å². The molecule has 0 saturated carbocycles. The summed E-state index contributed by atoms with van der Waals surface area (Å²) in [4.78, 5) is 8.74. The number of rotatable bonds is 3. The van der Waals surface area contributed by atoms with Gasteiger partial charge in [-0.05, 0) is 40.5 Å². The van der Waals surface area contributed by atoms with Gasteiger partial charge >= 0.3 is 0 Å². The summed E-state index contributed by atoms with van der Waals surface area (Å²) in [5.74, 6) is 1.24. The van der Waals surface area contributed by atoms with Gasteiger partial charge in [-0.3, -0.25) is 5.10 Å². The molecule has 0 amide bonds. The third-order valence-electron chi connectivity index (χ3n) is 2.91. The standard InChI is InChI=1S/C13H13BrN6/c1-7-3-4-10(9(14)5-7)17-11-8-6-16-20-12(8)19-13(15-2)18-11/h3-6H,1-2H3,(H3,15,16,17,18,19,20). The molecule has 20 heavy (non-hydrogen) atoms. The van der Waals surface area contributed by atoms with Crippen LogP contribution in [0.2, 0.25) is 0 Å². The highest BCUT2D eigenvalue weighted by atomic mass is 79.9. The molecule has 102 valence electrons. The molecule has 0 aliphatic heterocycles. The fourth-order valence-electron chi connectivity index (χ4n) is 1.89. The van der Waals surface area contributed by atoms with E-state index in [1.54, 1.807) is 13.2 Å². The molecule has 2 heterocycles. The van der Waals surface area contributed by atoms with Crippen molar-refractivity contribution in [2.45, 2.75) is 6.92 Å². The highest BCUT2D eigenvalue weighted by Crippen LogP contribution is 2.29. The van der Waals surface area contributed by atoms with Crippen LogP contribution in [0.1, 0.15) is 5.56 Å². The monoisotopic (exact) mass is 332 g/mol. The van der Waals surface area contributed by atoms with Gasteiger partial charge in [0.05, 0.1) is 17.3 Å². The predicted octanol–water partition coefficient (Wildman–Crippen LogP) is 3.21. The summed E-state index contributed by atoms with van der Waals surface area (Å²) in [6.07, 6.45) is 1.71. The molecule has 0 fully saturated rings. The van der Waals surface area contributed by atoms with Gasteiger partial charge in [-0.2, -0.15) is 15.1 Å². The zero-order chi connectivity index (χ0) is 14.1. The highest BCUT2D eigenvalue weighted by Gasteiger charge is 2.10. The lowest BCUT2D eigenvalue weighted by atomic mass is 10.2. The number of benzene rings is 1. The molecule has 0 aliphatic carbocycles. The summed E-state index contributed by atoms with van der Waals surface area (Å²) in [5.41, 5.74) is 2.82. The van der Waals surface area contributed by atoms with Crippen molar-refractivity contribution in [1.29, 1.82) is 0 Å². The number of nitrogens with one attached hydrogen (secondary N) is 3. The molecule has 3 aromatic rings. The van der Waals surface area contributed by atoms with Gasteiger partial charge in [0.15, 0.2) is 5.65 Å². The van der Waals surface area contributed by atoms with Crippen LogP contribution < -0.4 is 10.6 Å². The van der Waals surface area contributed by atoms with E-state index >= 15 is 0 Å². The van der Waals surface area contributed by atoms with E-state index in [1.165, 1.54) is 5.56 Å². The van der Waals surface area contributed by atoms with E-state index in [2.05, 4.69) is 52.8 Å². The number of fused-ring (bicyclic) bond motifs is 1. The van der Waals surface area contributed by atoms with Crippen molar-refractivity contribution in [2.24, 2.45) is 0 Å². The molecular weight excluding hydrogens is 320 g/mol. The fourth-order valence-corrected chi connectivity index (χ4v) is 2.48. The summed E-state index contributed by atoms with van der Waals surface area (Å²) in [6, 6.07) is 6.10. The Morgan fingerprint density at radius 3 is 2.85 bits per heavy atom. The van der Waals surface area contributed by atoms with Crippen LogP contribution in [0.4, 0.5) is 17.5 Å². The Bertz CT molecular complexity index is 767. The maximum atomic E-state index is 4.44. The van der Waals surface area contributed by atoms with Crippen molar-refractivity contribution in [3.8, 4) is 0 Å². The zero-order valence-corrected chi connectivity index (χ0v) is 12.6. The average Bonchev–Trinajstić information content (AvgIpc) is 2.90. The molecule has 0 bridgehead atoms. The zero-order valence-electron chi connectivity index (χ0n) is 11.0. The first kappa shape index (κ1) is 12.9. The van der Waals surface area contributed by atoms with Crippen molar-refractivity contribution in [1.82, 2.24) is 20.2 Å². The fraction of sp³-hybridized carbons (Fsp3) is 0.154. The largest absolute Gasteiger partial charge is 0.357 e. The molecule has 2 aromatic heterocycles. The van der Waals surface area contributed by atoms with Crippen molar-refractivity contribution >= 4 is 44.4 Å². The van der Waals surface area contributed by atoms with E-state index in [-0.39, 0.29) is 0 Å². The molecule has 7 heteroatoms. The van der Waals surface area contributed by atoms with Gasteiger partial charge in [0, 0.05) is 11.5 Å². The number of hydrogen-bond acceptors (Lipinski definition) is 5. The Kier molecular flexibility index (Phi) is 3.27. The van der Waals surface area contributed by atoms with Gasteiger partial charge in [-0.1, -0.05) is 6.07 Å². The minimum atomic E-state index is 0.535. The smallest absolute Gasteiger partial charge is 0.226 e. The summed E-state index contributed by atoms with van der Waals surface area (Å²) >= 11 is 3.55. The second-order valence-corrected chi connectivity index (χ2v) is 5.24. The van der Waals surface area contributed by atoms with E-state index in [4.69, 9.17) is 0 Å². The number of aryl methyl sites for hydroxylation is 1. The predicted molar refractivity (Wildman–Crippen MR) is 83.4 cm³/mol. The van der Waals surface area contributed by atoms with Gasteiger partial charge in [-0.25, -0.2) is 0 Å². The minimum absolute atomic E-state index is 0.535. The first-order chi connectivity index (χ1) is 9.67. The molecule has 0 spiro atoms. The van der Waals surface area contributed by atoms with Crippen LogP contribution >= 0.6 is 15.9 Å². The van der Waals surface area contributed by atoms with Gasteiger partial charge in [0.1, 0.15) is 5.82 Å². The molecule has 0 aliphatic rings. The van der Waals surface area contributed by atoms with E-state index in [1.807, 2.05) is 19.1 Å². The van der Waals surface area contributed by atoms with E-state index in [0.29, 0.717) is 17.4 Å². The topological polar surface area (TPSA) is 78.5 Å². The molecule has 0 unspecified atom stereocenters. The van der Waals surface area contributed by atoms with E-state index in [9.17, 15) is 0 Å². The van der Waals surface area contributed by atoms with Crippen LogP contribution in [0.3, 0.4) is 0 Å². The normalized spacial score (nSPS) is 10.8. The van der Waals surface area contributed by atoms with Gasteiger partial charge in [-0.15, -0.1) is 0 Å². The first-order valence-corrected chi connectivity index (χ1v) is 6.88. The number of aromatic amines is 1. The van der Waals surface area contributed by atoms with Gasteiger partial charge < -0.3 is 10.6 Å². The van der Waals surface area contributed by atoms with Crippen molar-refractivity contribution < 1.29 is 0 Å². The number of aromatic nitrogens is 4. The minimum Gasteiger partial charge on any atom is -0.357 e. The number of hydrogen-bond donors (Lipinski definition) is 3. The molecule has 0 saturated heterocycles. The summed E-state index contributed by atoms with van der Waals surface area (Å²) in [5, 5.41) is 13.9. The molecular formula is C13H13BrN6. The molecule has 0 radical (unpaired) electrons. The first-order valence-electron chi connectivity index (χ1n) is 6.09. The highest BCUT2D eigenvalue weighted by molar-refractivity contribution is 9.10. The maximum Gasteiger partial charge on any atom is 0.226 e. The van der Waals surface area contributed by atoms with Crippen molar-refractivity contribution in [3.05, 3.63) is 34.4 Å². The SMILES string of the molecule is CNc1nc(Nc2ccc(C)cc2Br)c2cn[nH]c2n1. The maximum absolute atomic E-state index is 4.44. The number of nitrogens with zero attached hydrogens (tertiary/aromatic N) is 3. The molecule has 3 rings (SSSR count). The Balaban J connectivity index is 2.07. The number of H-pyrrole nitrogens is 1. The summed E-state index contributed by atoms with van der Waals surface area (Å²) in [7, 11) is 1.78. The molecule has 0 atom stereocenters. The third-order valence-corrected chi connectivity index (χ3v) is 3.57. The Labute approximate surface area is 124 Å². The van der Waals surface area contributed by atoms with E-state index < -0.39 is 0 Å². The summed E-state index contributed by atoms with van der Waals surface area (Å²) < 4.78 is 0.985. The van der Waals surface area contributed by atoms with Crippen LogP contribution in [0, 0.1) is 6.92 Å². The van der Waals surface area contributed by atoms with Gasteiger partial charge in [0.25, 0.3) is 0 Å².